The lowest BCUT2D eigenvalue weighted by Gasteiger charge is -2.25. The molecule has 2 aromatic heterocycles. The first kappa shape index (κ1) is 17.4. The molecule has 0 spiro atoms. The van der Waals surface area contributed by atoms with E-state index in [1.165, 1.54) is 17.6 Å². The Morgan fingerprint density at radius 1 is 1.15 bits per heavy atom. The third-order valence-corrected chi connectivity index (χ3v) is 5.20. The predicted molar refractivity (Wildman–Crippen MR) is 103 cm³/mol. The van der Waals surface area contributed by atoms with Crippen molar-refractivity contribution < 1.29 is 14.0 Å². The van der Waals surface area contributed by atoms with Gasteiger partial charge in [-0.05, 0) is 24.3 Å². The van der Waals surface area contributed by atoms with Crippen LogP contribution < -0.4 is 10.6 Å². The van der Waals surface area contributed by atoms with Crippen LogP contribution in [0.25, 0.3) is 0 Å². The molecule has 1 aliphatic rings. The Balaban J connectivity index is 1.35. The van der Waals surface area contributed by atoms with Crippen LogP contribution >= 0.6 is 11.3 Å². The molecule has 0 radical (unpaired) electrons. The summed E-state index contributed by atoms with van der Waals surface area (Å²) in [5.74, 6) is -0.104. The number of hydrogen-bond donors (Lipinski definition) is 2. The maximum Gasteiger partial charge on any atom is 0.293 e. The number of amides is 2. The van der Waals surface area contributed by atoms with Gasteiger partial charge >= 0.3 is 0 Å². The third kappa shape index (κ3) is 4.24. The molecule has 1 aliphatic heterocycles. The summed E-state index contributed by atoms with van der Waals surface area (Å²) in [4.78, 5) is 32.0. The summed E-state index contributed by atoms with van der Waals surface area (Å²) in [5, 5.41) is 6.22. The van der Waals surface area contributed by atoms with Crippen molar-refractivity contribution >= 4 is 34.0 Å². The van der Waals surface area contributed by atoms with E-state index in [2.05, 4.69) is 20.5 Å². The molecule has 7 nitrogen and oxygen atoms in total. The molecule has 4 rings (SSSR count). The van der Waals surface area contributed by atoms with Crippen molar-refractivity contribution in [2.45, 2.75) is 13.0 Å². The fraction of sp³-hybridized carbons (Fsp3) is 0.211. The molecule has 1 aromatic carbocycles. The molecular weight excluding hydrogens is 364 g/mol. The standard InChI is InChI=1S/C19H18N4O3S/c24-17(20-13-5-2-1-3-6-13)12-23-9-8-14-16(11-23)27-19(21-14)22-18(25)15-7-4-10-26-15/h1-7,10H,8-9,11-12H2,(H,20,24)(H,21,22,25). The first-order valence-electron chi connectivity index (χ1n) is 8.58. The lowest BCUT2D eigenvalue weighted by molar-refractivity contribution is -0.117. The van der Waals surface area contributed by atoms with Crippen molar-refractivity contribution in [1.82, 2.24) is 9.88 Å². The van der Waals surface area contributed by atoms with Crippen LogP contribution in [0.4, 0.5) is 10.8 Å². The van der Waals surface area contributed by atoms with E-state index in [1.54, 1.807) is 12.1 Å². The largest absolute Gasteiger partial charge is 0.459 e. The van der Waals surface area contributed by atoms with E-state index in [0.717, 1.165) is 29.2 Å². The van der Waals surface area contributed by atoms with Crippen LogP contribution in [0.2, 0.25) is 0 Å². The number of nitrogens with zero attached hydrogens (tertiary/aromatic N) is 2. The van der Waals surface area contributed by atoms with Gasteiger partial charge in [-0.2, -0.15) is 0 Å². The Morgan fingerprint density at radius 3 is 2.78 bits per heavy atom. The number of furan rings is 1. The van der Waals surface area contributed by atoms with Crippen LogP contribution in [0.1, 0.15) is 21.1 Å². The SMILES string of the molecule is O=C(CN1CCc2nc(NC(=O)c3ccco3)sc2C1)Nc1ccccc1. The zero-order chi connectivity index (χ0) is 18.6. The van der Waals surface area contributed by atoms with Crippen molar-refractivity contribution in [3.05, 3.63) is 65.1 Å². The number of thiazole rings is 1. The average molecular weight is 382 g/mol. The summed E-state index contributed by atoms with van der Waals surface area (Å²) in [5.41, 5.74) is 1.77. The minimum absolute atomic E-state index is 0.0412. The van der Waals surface area contributed by atoms with Crippen molar-refractivity contribution in [3.8, 4) is 0 Å². The van der Waals surface area contributed by atoms with Crippen LogP contribution in [0.5, 0.6) is 0 Å². The highest BCUT2D eigenvalue weighted by Gasteiger charge is 2.23. The molecule has 0 unspecified atom stereocenters. The van der Waals surface area contributed by atoms with E-state index in [0.29, 0.717) is 18.2 Å². The number of aromatic nitrogens is 1. The number of carbonyl (C=O) groups is 2. The van der Waals surface area contributed by atoms with E-state index in [-0.39, 0.29) is 17.6 Å². The Kier molecular flexibility index (Phi) is 4.99. The number of benzene rings is 1. The number of fused-ring (bicyclic) bond motifs is 1. The lowest BCUT2D eigenvalue weighted by atomic mass is 10.2. The van der Waals surface area contributed by atoms with Gasteiger partial charge in [-0.3, -0.25) is 19.8 Å². The first-order valence-corrected chi connectivity index (χ1v) is 9.40. The fourth-order valence-corrected chi connectivity index (χ4v) is 3.97. The molecule has 0 bridgehead atoms. The quantitative estimate of drug-likeness (QED) is 0.708. The van der Waals surface area contributed by atoms with Crippen LogP contribution in [-0.4, -0.2) is 34.8 Å². The van der Waals surface area contributed by atoms with Crippen molar-refractivity contribution in [2.24, 2.45) is 0 Å². The number of rotatable bonds is 5. The zero-order valence-corrected chi connectivity index (χ0v) is 15.3. The minimum Gasteiger partial charge on any atom is -0.459 e. The van der Waals surface area contributed by atoms with Gasteiger partial charge in [0.2, 0.25) is 5.91 Å². The molecule has 2 amide bonds. The molecule has 0 saturated heterocycles. The van der Waals surface area contributed by atoms with Crippen molar-refractivity contribution in [2.75, 3.05) is 23.7 Å². The van der Waals surface area contributed by atoms with E-state index >= 15 is 0 Å². The predicted octanol–water partition coefficient (Wildman–Crippen LogP) is 2.99. The number of carbonyl (C=O) groups excluding carboxylic acids is 2. The molecule has 0 atom stereocenters. The molecule has 138 valence electrons. The monoisotopic (exact) mass is 382 g/mol. The molecule has 27 heavy (non-hydrogen) atoms. The number of hydrogen-bond acceptors (Lipinski definition) is 6. The second-order valence-corrected chi connectivity index (χ2v) is 7.28. The summed E-state index contributed by atoms with van der Waals surface area (Å²) >= 11 is 1.44. The maximum absolute atomic E-state index is 12.2. The van der Waals surface area contributed by atoms with E-state index in [1.807, 2.05) is 30.3 Å². The van der Waals surface area contributed by atoms with E-state index in [4.69, 9.17) is 4.42 Å². The van der Waals surface area contributed by atoms with Crippen LogP contribution in [0, 0.1) is 0 Å². The first-order chi connectivity index (χ1) is 13.2. The smallest absolute Gasteiger partial charge is 0.293 e. The Hall–Kier alpha value is -2.97. The second kappa shape index (κ2) is 7.73. The van der Waals surface area contributed by atoms with Crippen LogP contribution in [-0.2, 0) is 17.8 Å². The van der Waals surface area contributed by atoms with Gasteiger partial charge in [-0.15, -0.1) is 11.3 Å². The third-order valence-electron chi connectivity index (χ3n) is 4.20. The lowest BCUT2D eigenvalue weighted by Crippen LogP contribution is -2.36. The molecule has 8 heteroatoms. The highest BCUT2D eigenvalue weighted by molar-refractivity contribution is 7.15. The molecule has 3 aromatic rings. The highest BCUT2D eigenvalue weighted by atomic mass is 32.1. The zero-order valence-electron chi connectivity index (χ0n) is 14.5. The Bertz CT molecular complexity index is 937. The highest BCUT2D eigenvalue weighted by Crippen LogP contribution is 2.28. The van der Waals surface area contributed by atoms with Gasteiger partial charge < -0.3 is 9.73 Å². The molecule has 2 N–H and O–H groups in total. The van der Waals surface area contributed by atoms with Gasteiger partial charge in [-0.25, -0.2) is 4.98 Å². The maximum atomic E-state index is 12.2. The molecule has 0 fully saturated rings. The van der Waals surface area contributed by atoms with Gasteiger partial charge in [0.05, 0.1) is 18.5 Å². The van der Waals surface area contributed by atoms with Gasteiger partial charge in [-0.1, -0.05) is 18.2 Å². The van der Waals surface area contributed by atoms with Gasteiger partial charge in [0.1, 0.15) is 0 Å². The second-order valence-electron chi connectivity index (χ2n) is 6.20. The number of para-hydroxylation sites is 1. The fourth-order valence-electron chi connectivity index (χ4n) is 2.93. The summed E-state index contributed by atoms with van der Waals surface area (Å²) in [6, 6.07) is 12.7. The summed E-state index contributed by atoms with van der Waals surface area (Å²) in [7, 11) is 0. The summed E-state index contributed by atoms with van der Waals surface area (Å²) in [6.07, 6.45) is 2.21. The van der Waals surface area contributed by atoms with E-state index in [9.17, 15) is 9.59 Å². The molecule has 0 saturated carbocycles. The number of anilines is 2. The van der Waals surface area contributed by atoms with Crippen molar-refractivity contribution in [3.63, 3.8) is 0 Å². The average Bonchev–Trinajstić information content (AvgIpc) is 3.31. The van der Waals surface area contributed by atoms with Gasteiger partial charge in [0.25, 0.3) is 5.91 Å². The van der Waals surface area contributed by atoms with E-state index < -0.39 is 0 Å². The topological polar surface area (TPSA) is 87.5 Å². The normalized spacial score (nSPS) is 13.8. The van der Waals surface area contributed by atoms with Crippen LogP contribution in [0.15, 0.2) is 53.1 Å². The van der Waals surface area contributed by atoms with Gasteiger partial charge in [0.15, 0.2) is 10.9 Å². The number of nitrogens with one attached hydrogen (secondary N) is 2. The van der Waals surface area contributed by atoms with Crippen LogP contribution in [0.3, 0.4) is 0 Å². The Morgan fingerprint density at radius 2 is 2.00 bits per heavy atom. The van der Waals surface area contributed by atoms with Crippen molar-refractivity contribution in [1.29, 1.82) is 0 Å². The minimum atomic E-state index is -0.315. The van der Waals surface area contributed by atoms with Gasteiger partial charge in [0, 0.05) is 30.1 Å². The summed E-state index contributed by atoms with van der Waals surface area (Å²) < 4.78 is 5.09. The summed E-state index contributed by atoms with van der Waals surface area (Å²) in [6.45, 7) is 1.72. The molecule has 3 heterocycles. The molecular formula is C19H18N4O3S. The Labute approximate surface area is 160 Å². The molecule has 0 aliphatic carbocycles.